The molecule has 0 aliphatic rings. The van der Waals surface area contributed by atoms with Gasteiger partial charge in [-0.2, -0.15) is 4.31 Å². The van der Waals surface area contributed by atoms with Gasteiger partial charge in [-0.1, -0.05) is 0 Å². The summed E-state index contributed by atoms with van der Waals surface area (Å²) in [6.45, 7) is 1.56. The summed E-state index contributed by atoms with van der Waals surface area (Å²) in [7, 11) is -2.58. The van der Waals surface area contributed by atoms with Gasteiger partial charge in [0.1, 0.15) is 10.7 Å². The molecule has 0 aliphatic carbocycles. The van der Waals surface area contributed by atoms with Gasteiger partial charge in [0.15, 0.2) is 0 Å². The number of nitrogens with zero attached hydrogens (tertiary/aromatic N) is 1. The largest absolute Gasteiger partial charge is 0.472 e. The predicted molar refractivity (Wildman–Crippen MR) is 72.9 cm³/mol. The van der Waals surface area contributed by atoms with E-state index in [1.54, 1.807) is 6.07 Å². The Bertz CT molecular complexity index is 711. The maximum absolute atomic E-state index is 14.0. The molecule has 2 rings (SSSR count). The number of rotatable bonds is 4. The predicted octanol–water partition coefficient (Wildman–Crippen LogP) is 2.13. The molecule has 108 valence electrons. The van der Waals surface area contributed by atoms with Crippen LogP contribution in [0, 0.1) is 12.7 Å². The molecule has 7 heteroatoms. The summed E-state index contributed by atoms with van der Waals surface area (Å²) in [5, 5.41) is 0. The number of hydrogen-bond acceptors (Lipinski definition) is 4. The molecule has 0 aliphatic heterocycles. The Morgan fingerprint density at radius 1 is 1.40 bits per heavy atom. The van der Waals surface area contributed by atoms with Gasteiger partial charge in [0, 0.05) is 24.8 Å². The molecular weight excluding hydrogens is 283 g/mol. The molecule has 1 aromatic carbocycles. The van der Waals surface area contributed by atoms with Gasteiger partial charge < -0.3 is 10.2 Å². The zero-order valence-electron chi connectivity index (χ0n) is 11.1. The van der Waals surface area contributed by atoms with Crippen LogP contribution in [0.3, 0.4) is 0 Å². The van der Waals surface area contributed by atoms with Gasteiger partial charge in [0.2, 0.25) is 10.0 Å². The lowest BCUT2D eigenvalue weighted by Crippen LogP contribution is -2.27. The van der Waals surface area contributed by atoms with E-state index in [0.717, 1.165) is 10.4 Å². The molecule has 0 spiro atoms. The second kappa shape index (κ2) is 5.26. The third-order valence-corrected chi connectivity index (χ3v) is 4.72. The van der Waals surface area contributed by atoms with Crippen molar-refractivity contribution in [2.75, 3.05) is 12.8 Å². The van der Waals surface area contributed by atoms with Crippen LogP contribution in [0.1, 0.15) is 11.1 Å². The number of nitrogen functional groups attached to an aromatic ring is 1. The zero-order chi connectivity index (χ0) is 14.9. The number of anilines is 1. The van der Waals surface area contributed by atoms with Crippen LogP contribution in [0.15, 0.2) is 40.0 Å². The molecule has 2 N–H and O–H groups in total. The van der Waals surface area contributed by atoms with Crippen LogP contribution >= 0.6 is 0 Å². The van der Waals surface area contributed by atoms with Gasteiger partial charge in [0.25, 0.3) is 0 Å². The minimum absolute atomic E-state index is 0.0894. The van der Waals surface area contributed by atoms with Crippen LogP contribution in [0.2, 0.25) is 0 Å². The van der Waals surface area contributed by atoms with E-state index in [1.165, 1.54) is 32.6 Å². The highest BCUT2D eigenvalue weighted by atomic mass is 32.2. The summed E-state index contributed by atoms with van der Waals surface area (Å²) in [6.07, 6.45) is 2.88. The molecule has 0 saturated carbocycles. The van der Waals surface area contributed by atoms with E-state index >= 15 is 0 Å². The minimum Gasteiger partial charge on any atom is -0.472 e. The number of sulfonamides is 1. The maximum Gasteiger partial charge on any atom is 0.246 e. The molecule has 0 amide bonds. The minimum atomic E-state index is -3.95. The summed E-state index contributed by atoms with van der Waals surface area (Å²) in [4.78, 5) is -0.416. The first-order valence-corrected chi connectivity index (χ1v) is 7.29. The van der Waals surface area contributed by atoms with E-state index in [4.69, 9.17) is 10.2 Å². The van der Waals surface area contributed by atoms with Crippen LogP contribution in [-0.2, 0) is 16.6 Å². The number of aryl methyl sites for hydroxylation is 1. The molecule has 0 fully saturated rings. The molecule has 1 aromatic heterocycles. The zero-order valence-corrected chi connectivity index (χ0v) is 11.9. The smallest absolute Gasteiger partial charge is 0.246 e. The Morgan fingerprint density at radius 3 is 2.70 bits per heavy atom. The highest BCUT2D eigenvalue weighted by Crippen LogP contribution is 2.25. The second-order valence-electron chi connectivity index (χ2n) is 4.54. The normalized spacial score (nSPS) is 12.0. The highest BCUT2D eigenvalue weighted by molar-refractivity contribution is 7.89. The average molecular weight is 298 g/mol. The van der Waals surface area contributed by atoms with E-state index in [1.807, 2.05) is 0 Å². The quantitative estimate of drug-likeness (QED) is 0.877. The van der Waals surface area contributed by atoms with Crippen molar-refractivity contribution in [3.8, 4) is 0 Å². The lowest BCUT2D eigenvalue weighted by atomic mass is 10.2. The maximum atomic E-state index is 14.0. The van der Waals surface area contributed by atoms with Gasteiger partial charge in [-0.15, -0.1) is 0 Å². The Kier molecular flexibility index (Phi) is 3.82. The Morgan fingerprint density at radius 2 is 2.10 bits per heavy atom. The summed E-state index contributed by atoms with van der Waals surface area (Å²) in [6, 6.07) is 4.17. The van der Waals surface area contributed by atoms with Crippen molar-refractivity contribution in [1.82, 2.24) is 4.31 Å². The Hall–Kier alpha value is -1.86. The molecule has 0 atom stereocenters. The fraction of sp³-hybridized carbons (Fsp3) is 0.231. The number of halogens is 1. The molecule has 0 radical (unpaired) electrons. The molecular formula is C13H15FN2O3S. The van der Waals surface area contributed by atoms with Gasteiger partial charge >= 0.3 is 0 Å². The molecule has 5 nitrogen and oxygen atoms in total. The van der Waals surface area contributed by atoms with Crippen LogP contribution < -0.4 is 5.73 Å². The second-order valence-corrected chi connectivity index (χ2v) is 6.56. The van der Waals surface area contributed by atoms with E-state index in [2.05, 4.69) is 0 Å². The molecule has 2 aromatic rings. The first-order valence-electron chi connectivity index (χ1n) is 5.85. The monoisotopic (exact) mass is 298 g/mol. The van der Waals surface area contributed by atoms with Crippen molar-refractivity contribution in [2.45, 2.75) is 18.4 Å². The van der Waals surface area contributed by atoms with Crippen LogP contribution in [-0.4, -0.2) is 19.8 Å². The lowest BCUT2D eigenvalue weighted by Gasteiger charge is -2.17. The number of benzene rings is 1. The van der Waals surface area contributed by atoms with Crippen molar-refractivity contribution in [1.29, 1.82) is 0 Å². The first kappa shape index (κ1) is 14.5. The van der Waals surface area contributed by atoms with Crippen molar-refractivity contribution >= 4 is 15.7 Å². The van der Waals surface area contributed by atoms with Crippen molar-refractivity contribution in [3.63, 3.8) is 0 Å². The van der Waals surface area contributed by atoms with E-state index in [9.17, 15) is 12.8 Å². The van der Waals surface area contributed by atoms with Gasteiger partial charge in [-0.05, 0) is 30.7 Å². The highest BCUT2D eigenvalue weighted by Gasteiger charge is 2.26. The number of nitrogens with two attached hydrogens (primary N) is 1. The van der Waals surface area contributed by atoms with Gasteiger partial charge in [-0.3, -0.25) is 0 Å². The van der Waals surface area contributed by atoms with Crippen molar-refractivity contribution < 1.29 is 17.2 Å². The Balaban J connectivity index is 2.40. The van der Waals surface area contributed by atoms with Gasteiger partial charge in [0.05, 0.1) is 12.5 Å². The van der Waals surface area contributed by atoms with Gasteiger partial charge in [-0.25, -0.2) is 12.8 Å². The molecule has 20 heavy (non-hydrogen) atoms. The van der Waals surface area contributed by atoms with Crippen LogP contribution in [0.5, 0.6) is 0 Å². The number of furan rings is 1. The van der Waals surface area contributed by atoms with E-state index in [0.29, 0.717) is 5.56 Å². The third kappa shape index (κ3) is 2.68. The summed E-state index contributed by atoms with van der Waals surface area (Å²) in [5.74, 6) is -0.779. The Labute approximate surface area is 116 Å². The van der Waals surface area contributed by atoms with Crippen LogP contribution in [0.25, 0.3) is 0 Å². The molecule has 0 saturated heterocycles. The van der Waals surface area contributed by atoms with E-state index < -0.39 is 20.7 Å². The summed E-state index contributed by atoms with van der Waals surface area (Å²) in [5.41, 5.74) is 6.68. The van der Waals surface area contributed by atoms with Crippen molar-refractivity contribution in [2.24, 2.45) is 0 Å². The topological polar surface area (TPSA) is 76.5 Å². The average Bonchev–Trinajstić information content (AvgIpc) is 2.86. The summed E-state index contributed by atoms with van der Waals surface area (Å²) < 4.78 is 44.7. The lowest BCUT2D eigenvalue weighted by molar-refractivity contribution is 0.456. The fourth-order valence-electron chi connectivity index (χ4n) is 1.84. The molecule has 1 heterocycles. The standard InChI is InChI=1S/C13H15FN2O3S/c1-9-5-11(15)6-12(13(9)14)20(17,18)16(2)7-10-3-4-19-8-10/h3-6,8H,7,15H2,1-2H3. The SMILES string of the molecule is Cc1cc(N)cc(S(=O)(=O)N(C)Cc2ccoc2)c1F. The summed E-state index contributed by atoms with van der Waals surface area (Å²) >= 11 is 0. The molecule has 0 unspecified atom stereocenters. The number of hydrogen-bond donors (Lipinski definition) is 1. The van der Waals surface area contributed by atoms with Crippen LogP contribution in [0.4, 0.5) is 10.1 Å². The first-order chi connectivity index (χ1) is 9.32. The third-order valence-electron chi connectivity index (χ3n) is 2.92. The fourth-order valence-corrected chi connectivity index (χ4v) is 3.17. The molecule has 0 bridgehead atoms. The van der Waals surface area contributed by atoms with Crippen molar-refractivity contribution in [3.05, 3.63) is 47.7 Å². The van der Waals surface area contributed by atoms with E-state index in [-0.39, 0.29) is 17.8 Å².